The smallest absolute Gasteiger partial charge is 0.407 e. The highest BCUT2D eigenvalue weighted by molar-refractivity contribution is 5.99. The van der Waals surface area contributed by atoms with Gasteiger partial charge >= 0.3 is 12.1 Å². The van der Waals surface area contributed by atoms with Crippen molar-refractivity contribution < 1.29 is 33.4 Å². The van der Waals surface area contributed by atoms with Crippen molar-refractivity contribution in [3.63, 3.8) is 0 Å². The van der Waals surface area contributed by atoms with E-state index in [0.29, 0.717) is 62.9 Å². The summed E-state index contributed by atoms with van der Waals surface area (Å²) in [6, 6.07) is 21.8. The zero-order valence-electron chi connectivity index (χ0n) is 30.1. The minimum atomic E-state index is -0.798. The molecular formula is C40H49N5O7. The zero-order chi connectivity index (χ0) is 37.3. The number of esters is 1. The first-order valence-electron chi connectivity index (χ1n) is 17.9. The number of nitrogen functional groups attached to an aromatic ring is 1. The zero-order valence-corrected chi connectivity index (χ0v) is 30.1. The van der Waals surface area contributed by atoms with Crippen LogP contribution in [0.4, 0.5) is 4.79 Å². The van der Waals surface area contributed by atoms with Crippen LogP contribution < -0.4 is 16.4 Å². The van der Waals surface area contributed by atoms with Gasteiger partial charge in [0.15, 0.2) is 0 Å². The fourth-order valence-electron chi connectivity index (χ4n) is 6.63. The van der Waals surface area contributed by atoms with Crippen molar-refractivity contribution in [1.29, 1.82) is 5.41 Å². The molecule has 1 aliphatic heterocycles. The van der Waals surface area contributed by atoms with Crippen LogP contribution in [0.3, 0.4) is 0 Å². The normalized spacial score (nSPS) is 14.9. The molecule has 0 radical (unpaired) electrons. The number of likely N-dealkylation sites (tertiary alicyclic amines) is 1. The Kier molecular flexibility index (Phi) is 12.7. The lowest BCUT2D eigenvalue weighted by molar-refractivity contribution is -0.163. The third-order valence-corrected chi connectivity index (χ3v) is 9.20. The van der Waals surface area contributed by atoms with E-state index >= 15 is 0 Å². The molecule has 0 aromatic heterocycles. The Labute approximate surface area is 304 Å². The van der Waals surface area contributed by atoms with Crippen LogP contribution in [0, 0.1) is 5.41 Å². The van der Waals surface area contributed by atoms with E-state index in [-0.39, 0.29) is 37.0 Å². The molecule has 1 heterocycles. The number of carbonyl (C=O) groups is 4. The number of fused-ring (bicyclic) bond motifs is 3. The molecule has 52 heavy (non-hydrogen) atoms. The molecule has 0 saturated carbocycles. The van der Waals surface area contributed by atoms with Gasteiger partial charge in [-0.05, 0) is 87.3 Å². The van der Waals surface area contributed by atoms with E-state index in [4.69, 9.17) is 25.4 Å². The Morgan fingerprint density at radius 2 is 1.48 bits per heavy atom. The highest BCUT2D eigenvalue weighted by atomic mass is 16.6. The quantitative estimate of drug-likeness (QED) is 0.0772. The maximum absolute atomic E-state index is 13.8. The number of amides is 3. The number of rotatable bonds is 14. The molecule has 12 heteroatoms. The van der Waals surface area contributed by atoms with Gasteiger partial charge in [0.05, 0.1) is 6.10 Å². The number of ether oxygens (including phenoxy) is 3. The van der Waals surface area contributed by atoms with E-state index in [9.17, 15) is 19.2 Å². The van der Waals surface area contributed by atoms with Gasteiger partial charge in [0.2, 0.25) is 5.91 Å². The lowest BCUT2D eigenvalue weighted by Gasteiger charge is -2.34. The van der Waals surface area contributed by atoms with Crippen LogP contribution in [0.2, 0.25) is 0 Å². The van der Waals surface area contributed by atoms with Gasteiger partial charge in [-0.2, -0.15) is 0 Å². The summed E-state index contributed by atoms with van der Waals surface area (Å²) in [7, 11) is 0. The molecule has 1 aliphatic carbocycles. The fourth-order valence-corrected chi connectivity index (χ4v) is 6.63. The molecule has 3 aromatic carbocycles. The number of unbranched alkanes of at least 4 members (excludes halogenated alkanes) is 1. The molecule has 0 spiro atoms. The Bertz CT molecular complexity index is 1700. The lowest BCUT2D eigenvalue weighted by Crippen LogP contribution is -2.51. The largest absolute Gasteiger partial charge is 0.458 e. The summed E-state index contributed by atoms with van der Waals surface area (Å²) in [5.41, 5.74) is 10.4. The number of nitrogens with one attached hydrogen (secondary N) is 3. The van der Waals surface area contributed by atoms with Crippen LogP contribution >= 0.6 is 0 Å². The molecule has 5 rings (SSSR count). The van der Waals surface area contributed by atoms with Crippen LogP contribution in [0.1, 0.15) is 85.8 Å². The maximum Gasteiger partial charge on any atom is 0.407 e. The van der Waals surface area contributed by atoms with E-state index in [0.717, 1.165) is 22.3 Å². The maximum atomic E-state index is 13.8. The van der Waals surface area contributed by atoms with Crippen molar-refractivity contribution in [2.45, 2.75) is 76.5 Å². The van der Waals surface area contributed by atoms with Crippen molar-refractivity contribution in [3.8, 4) is 11.1 Å². The average molecular weight is 712 g/mol. The molecule has 1 atom stereocenters. The van der Waals surface area contributed by atoms with Gasteiger partial charge in [-0.1, -0.05) is 60.7 Å². The molecular weight excluding hydrogens is 662 g/mol. The molecule has 2 aliphatic rings. The standard InChI is InChI=1S/C40H49N5O7/c1-40(2,3)52-35(46)25-50-28-19-22-45(23-20-28)38(48)34(44-37(47)27-17-15-26(16-18-27)36(41)42)14-8-9-21-43-39(49)51-24-33-31-12-6-4-10-29(31)30-11-5-7-13-32(30)33/h4-7,10-13,15-18,28,33-34H,8-9,14,19-25H2,1-3H3,(H3,41,42)(H,43,49)(H,44,47)/t34-/m1/s1. The monoisotopic (exact) mass is 711 g/mol. The predicted molar refractivity (Wildman–Crippen MR) is 197 cm³/mol. The molecule has 5 N–H and O–H groups in total. The number of piperidine rings is 1. The number of amidine groups is 1. The molecule has 3 amide bonds. The summed E-state index contributed by atoms with van der Waals surface area (Å²) in [6.07, 6.45) is 1.88. The Balaban J connectivity index is 1.11. The summed E-state index contributed by atoms with van der Waals surface area (Å²) in [5, 5.41) is 13.3. The first-order chi connectivity index (χ1) is 24.9. The second-order valence-corrected chi connectivity index (χ2v) is 14.2. The van der Waals surface area contributed by atoms with Gasteiger partial charge in [0.1, 0.15) is 30.7 Å². The summed E-state index contributed by atoms with van der Waals surface area (Å²) in [6.45, 7) is 6.64. The molecule has 0 bridgehead atoms. The fraction of sp³-hybridized carbons (Fsp3) is 0.425. The third kappa shape index (κ3) is 10.2. The van der Waals surface area contributed by atoms with Gasteiger partial charge in [-0.25, -0.2) is 9.59 Å². The lowest BCUT2D eigenvalue weighted by atomic mass is 9.98. The van der Waals surface area contributed by atoms with Crippen LogP contribution in [0.5, 0.6) is 0 Å². The molecule has 1 fully saturated rings. The van der Waals surface area contributed by atoms with E-state index in [1.165, 1.54) is 0 Å². The van der Waals surface area contributed by atoms with Crippen LogP contribution in [0.15, 0.2) is 72.8 Å². The van der Waals surface area contributed by atoms with E-state index < -0.39 is 29.6 Å². The Morgan fingerprint density at radius 1 is 0.885 bits per heavy atom. The van der Waals surface area contributed by atoms with Crippen molar-refractivity contribution in [1.82, 2.24) is 15.5 Å². The molecule has 276 valence electrons. The number of benzene rings is 3. The van der Waals surface area contributed by atoms with Crippen molar-refractivity contribution in [2.24, 2.45) is 5.73 Å². The Morgan fingerprint density at radius 3 is 2.08 bits per heavy atom. The number of alkyl carbamates (subject to hydrolysis) is 1. The number of carbonyl (C=O) groups excluding carboxylic acids is 4. The van der Waals surface area contributed by atoms with Crippen molar-refractivity contribution in [2.75, 3.05) is 32.8 Å². The van der Waals surface area contributed by atoms with Gasteiger partial charge in [0, 0.05) is 36.7 Å². The predicted octanol–water partition coefficient (Wildman–Crippen LogP) is 5.13. The Hall–Kier alpha value is -5.23. The highest BCUT2D eigenvalue weighted by Crippen LogP contribution is 2.44. The van der Waals surface area contributed by atoms with Crippen LogP contribution in [0.25, 0.3) is 11.1 Å². The summed E-state index contributed by atoms with van der Waals surface area (Å²) >= 11 is 0. The molecule has 0 unspecified atom stereocenters. The van der Waals surface area contributed by atoms with Gasteiger partial charge in [-0.3, -0.25) is 15.0 Å². The number of hydrogen-bond acceptors (Lipinski definition) is 8. The number of hydrogen-bond donors (Lipinski definition) is 4. The topological polar surface area (TPSA) is 173 Å². The summed E-state index contributed by atoms with van der Waals surface area (Å²) < 4.78 is 16.7. The summed E-state index contributed by atoms with van der Waals surface area (Å²) in [4.78, 5) is 53.5. The molecule has 12 nitrogen and oxygen atoms in total. The highest BCUT2D eigenvalue weighted by Gasteiger charge is 2.31. The number of nitrogens with zero attached hydrogens (tertiary/aromatic N) is 1. The first kappa shape index (κ1) is 38.0. The minimum absolute atomic E-state index is 0.0335. The first-order valence-corrected chi connectivity index (χ1v) is 17.9. The van der Waals surface area contributed by atoms with Gasteiger partial charge < -0.3 is 35.5 Å². The van der Waals surface area contributed by atoms with E-state index in [2.05, 4.69) is 34.9 Å². The minimum Gasteiger partial charge on any atom is -0.458 e. The number of nitrogens with two attached hydrogens (primary N) is 1. The van der Waals surface area contributed by atoms with Crippen LogP contribution in [-0.4, -0.2) is 85.2 Å². The molecule has 1 saturated heterocycles. The molecule has 3 aromatic rings. The second-order valence-electron chi connectivity index (χ2n) is 14.2. The van der Waals surface area contributed by atoms with E-state index in [1.807, 2.05) is 24.3 Å². The second kappa shape index (κ2) is 17.3. The third-order valence-electron chi connectivity index (χ3n) is 9.20. The average Bonchev–Trinajstić information content (AvgIpc) is 3.45. The van der Waals surface area contributed by atoms with Crippen molar-refractivity contribution >= 4 is 29.7 Å². The van der Waals surface area contributed by atoms with Gasteiger partial charge in [0.25, 0.3) is 5.91 Å². The van der Waals surface area contributed by atoms with Crippen molar-refractivity contribution in [3.05, 3.63) is 95.1 Å². The van der Waals surface area contributed by atoms with Crippen LogP contribution in [-0.2, 0) is 23.8 Å². The van der Waals surface area contributed by atoms with Gasteiger partial charge in [-0.15, -0.1) is 0 Å². The van der Waals surface area contributed by atoms with E-state index in [1.54, 1.807) is 49.9 Å². The summed E-state index contributed by atoms with van der Waals surface area (Å²) in [5.74, 6) is -1.19. The SMILES string of the molecule is CC(C)(C)OC(=O)COC1CCN(C(=O)[C@@H](CCCCNC(=O)OCC2c3ccccc3-c3ccccc32)NC(=O)c2ccc(C(=N)N)cc2)CC1.